The first-order chi connectivity index (χ1) is 13.2. The van der Waals surface area contributed by atoms with Crippen LogP contribution in [0.3, 0.4) is 0 Å². The zero-order chi connectivity index (χ0) is 19.1. The zero-order valence-corrected chi connectivity index (χ0v) is 14.8. The van der Waals surface area contributed by atoms with E-state index in [2.05, 4.69) is 15.6 Å². The molecule has 0 saturated carbocycles. The van der Waals surface area contributed by atoms with Gasteiger partial charge in [0.15, 0.2) is 0 Å². The number of carbonyl (C=O) groups excluding carboxylic acids is 2. The highest BCUT2D eigenvalue weighted by molar-refractivity contribution is 6.07. The molecule has 0 fully saturated rings. The van der Waals surface area contributed by atoms with Gasteiger partial charge >= 0.3 is 5.97 Å². The van der Waals surface area contributed by atoms with Crippen molar-refractivity contribution in [3.8, 4) is 0 Å². The molecule has 136 valence electrons. The fourth-order valence-electron chi connectivity index (χ4n) is 2.50. The summed E-state index contributed by atoms with van der Waals surface area (Å²) in [5.74, 6) is -0.191. The molecule has 1 amide bonds. The summed E-state index contributed by atoms with van der Waals surface area (Å²) in [6, 6.07) is 20.1. The molecule has 3 rings (SSSR count). The maximum absolute atomic E-state index is 12.4. The zero-order valence-electron chi connectivity index (χ0n) is 14.8. The SMILES string of the molecule is COC(=O)c1ccccc1NC(=O)c1ccc(NCc2ccccc2)nc1. The molecule has 2 N–H and O–H groups in total. The normalized spacial score (nSPS) is 10.1. The van der Waals surface area contributed by atoms with Crippen molar-refractivity contribution in [2.24, 2.45) is 0 Å². The molecule has 2 aromatic carbocycles. The highest BCUT2D eigenvalue weighted by atomic mass is 16.5. The number of methoxy groups -OCH3 is 1. The van der Waals surface area contributed by atoms with E-state index in [0.717, 1.165) is 5.56 Å². The Morgan fingerprint density at radius 1 is 0.963 bits per heavy atom. The molecule has 1 heterocycles. The van der Waals surface area contributed by atoms with Crippen molar-refractivity contribution >= 4 is 23.4 Å². The van der Waals surface area contributed by atoms with E-state index in [9.17, 15) is 9.59 Å². The molecule has 6 heteroatoms. The number of aromatic nitrogens is 1. The van der Waals surface area contributed by atoms with Gasteiger partial charge in [0.1, 0.15) is 5.82 Å². The Morgan fingerprint density at radius 3 is 2.41 bits per heavy atom. The van der Waals surface area contributed by atoms with Gasteiger partial charge in [-0.15, -0.1) is 0 Å². The molecule has 3 aromatic rings. The van der Waals surface area contributed by atoms with Gasteiger partial charge in [-0.25, -0.2) is 9.78 Å². The Morgan fingerprint density at radius 2 is 1.70 bits per heavy atom. The maximum Gasteiger partial charge on any atom is 0.339 e. The fraction of sp³-hybridized carbons (Fsp3) is 0.0952. The van der Waals surface area contributed by atoms with E-state index >= 15 is 0 Å². The average Bonchev–Trinajstić information content (AvgIpc) is 2.73. The van der Waals surface area contributed by atoms with Gasteiger partial charge in [0.2, 0.25) is 0 Å². The highest BCUT2D eigenvalue weighted by Crippen LogP contribution is 2.17. The van der Waals surface area contributed by atoms with Gasteiger partial charge in [-0.1, -0.05) is 42.5 Å². The summed E-state index contributed by atoms with van der Waals surface area (Å²) >= 11 is 0. The molecule has 0 radical (unpaired) electrons. The first-order valence-electron chi connectivity index (χ1n) is 8.40. The summed E-state index contributed by atoms with van der Waals surface area (Å²) < 4.78 is 4.73. The van der Waals surface area contributed by atoms with Crippen LogP contribution in [0.2, 0.25) is 0 Å². The van der Waals surface area contributed by atoms with Crippen LogP contribution in [0.25, 0.3) is 0 Å². The third-order valence-electron chi connectivity index (χ3n) is 3.92. The number of carbonyl (C=O) groups is 2. The predicted molar refractivity (Wildman–Crippen MR) is 104 cm³/mol. The second-order valence-electron chi connectivity index (χ2n) is 5.76. The van der Waals surface area contributed by atoms with Crippen molar-refractivity contribution in [1.82, 2.24) is 4.98 Å². The van der Waals surface area contributed by atoms with E-state index in [1.54, 1.807) is 36.4 Å². The number of para-hydroxylation sites is 1. The number of nitrogens with one attached hydrogen (secondary N) is 2. The lowest BCUT2D eigenvalue weighted by Gasteiger charge is -2.10. The minimum absolute atomic E-state index is 0.294. The van der Waals surface area contributed by atoms with Crippen molar-refractivity contribution in [3.05, 3.63) is 89.6 Å². The number of hydrogen-bond donors (Lipinski definition) is 2. The van der Waals surface area contributed by atoms with Crippen LogP contribution >= 0.6 is 0 Å². The maximum atomic E-state index is 12.4. The summed E-state index contributed by atoms with van der Waals surface area (Å²) in [5.41, 5.74) is 2.21. The van der Waals surface area contributed by atoms with E-state index in [-0.39, 0.29) is 5.91 Å². The number of ether oxygens (including phenoxy) is 1. The molecule has 1 aromatic heterocycles. The Labute approximate surface area is 157 Å². The quantitative estimate of drug-likeness (QED) is 0.654. The summed E-state index contributed by atoms with van der Waals surface area (Å²) in [4.78, 5) is 28.5. The molecule has 0 spiro atoms. The second-order valence-corrected chi connectivity index (χ2v) is 5.76. The van der Waals surface area contributed by atoms with Gasteiger partial charge in [0.05, 0.1) is 23.9 Å². The molecule has 0 atom stereocenters. The van der Waals surface area contributed by atoms with Crippen LogP contribution in [-0.2, 0) is 11.3 Å². The first kappa shape index (κ1) is 18.1. The van der Waals surface area contributed by atoms with Crippen LogP contribution in [-0.4, -0.2) is 24.0 Å². The lowest BCUT2D eigenvalue weighted by atomic mass is 10.1. The molecular weight excluding hydrogens is 342 g/mol. The minimum atomic E-state index is -0.510. The average molecular weight is 361 g/mol. The molecule has 27 heavy (non-hydrogen) atoms. The van der Waals surface area contributed by atoms with E-state index in [1.807, 2.05) is 30.3 Å². The van der Waals surface area contributed by atoms with Crippen molar-refractivity contribution in [2.45, 2.75) is 6.54 Å². The smallest absolute Gasteiger partial charge is 0.339 e. The number of amides is 1. The Kier molecular flexibility index (Phi) is 5.79. The lowest BCUT2D eigenvalue weighted by Crippen LogP contribution is -2.15. The minimum Gasteiger partial charge on any atom is -0.465 e. The molecule has 0 bridgehead atoms. The van der Waals surface area contributed by atoms with E-state index in [1.165, 1.54) is 13.3 Å². The largest absolute Gasteiger partial charge is 0.465 e. The van der Waals surface area contributed by atoms with Crippen LogP contribution in [0.4, 0.5) is 11.5 Å². The van der Waals surface area contributed by atoms with Gasteiger partial charge in [0.25, 0.3) is 5.91 Å². The van der Waals surface area contributed by atoms with Gasteiger partial charge in [-0.05, 0) is 29.8 Å². The molecular formula is C21H19N3O3. The van der Waals surface area contributed by atoms with Gasteiger partial charge in [0, 0.05) is 12.7 Å². The summed E-state index contributed by atoms with van der Waals surface area (Å²) in [6.07, 6.45) is 1.49. The topological polar surface area (TPSA) is 80.3 Å². The summed E-state index contributed by atoms with van der Waals surface area (Å²) in [5, 5.41) is 5.92. The number of anilines is 2. The third-order valence-corrected chi connectivity index (χ3v) is 3.92. The van der Waals surface area contributed by atoms with Crippen molar-refractivity contribution in [1.29, 1.82) is 0 Å². The predicted octanol–water partition coefficient (Wildman–Crippen LogP) is 3.73. The van der Waals surface area contributed by atoms with E-state index in [4.69, 9.17) is 4.74 Å². The van der Waals surface area contributed by atoms with Gasteiger partial charge in [-0.3, -0.25) is 4.79 Å². The number of rotatable bonds is 6. The first-order valence-corrected chi connectivity index (χ1v) is 8.40. The number of esters is 1. The highest BCUT2D eigenvalue weighted by Gasteiger charge is 2.14. The monoisotopic (exact) mass is 361 g/mol. The molecule has 0 unspecified atom stereocenters. The van der Waals surface area contributed by atoms with E-state index in [0.29, 0.717) is 29.2 Å². The lowest BCUT2D eigenvalue weighted by molar-refractivity contribution is 0.0602. The molecule has 0 aliphatic rings. The number of hydrogen-bond acceptors (Lipinski definition) is 5. The van der Waals surface area contributed by atoms with Crippen molar-refractivity contribution < 1.29 is 14.3 Å². The summed E-state index contributed by atoms with van der Waals surface area (Å²) in [6.45, 7) is 0.645. The van der Waals surface area contributed by atoms with Crippen LogP contribution < -0.4 is 10.6 Å². The molecule has 0 aliphatic carbocycles. The summed E-state index contributed by atoms with van der Waals surface area (Å²) in [7, 11) is 1.30. The Bertz CT molecular complexity index is 925. The third kappa shape index (κ3) is 4.70. The van der Waals surface area contributed by atoms with Gasteiger partial charge < -0.3 is 15.4 Å². The van der Waals surface area contributed by atoms with Crippen LogP contribution in [0.1, 0.15) is 26.3 Å². The van der Waals surface area contributed by atoms with Crippen LogP contribution in [0.5, 0.6) is 0 Å². The standard InChI is InChI=1S/C21H19N3O3/c1-27-21(26)17-9-5-6-10-18(17)24-20(25)16-11-12-19(23-14-16)22-13-15-7-3-2-4-8-15/h2-12,14H,13H2,1H3,(H,22,23)(H,24,25). The Balaban J connectivity index is 1.65. The van der Waals surface area contributed by atoms with Crippen LogP contribution in [0, 0.1) is 0 Å². The fourth-order valence-corrected chi connectivity index (χ4v) is 2.50. The number of pyridine rings is 1. The van der Waals surface area contributed by atoms with Gasteiger partial charge in [-0.2, -0.15) is 0 Å². The van der Waals surface area contributed by atoms with E-state index < -0.39 is 5.97 Å². The van der Waals surface area contributed by atoms with Crippen molar-refractivity contribution in [3.63, 3.8) is 0 Å². The Hall–Kier alpha value is -3.67. The molecule has 6 nitrogen and oxygen atoms in total. The number of nitrogens with zero attached hydrogens (tertiary/aromatic N) is 1. The molecule has 0 saturated heterocycles. The number of benzene rings is 2. The van der Waals surface area contributed by atoms with Crippen molar-refractivity contribution in [2.75, 3.05) is 17.7 Å². The molecule has 0 aliphatic heterocycles. The van der Waals surface area contributed by atoms with Crippen LogP contribution in [0.15, 0.2) is 72.9 Å². The second kappa shape index (κ2) is 8.62.